The summed E-state index contributed by atoms with van der Waals surface area (Å²) in [6, 6.07) is 0. The quantitative estimate of drug-likeness (QED) is 0.835. The maximum Gasteiger partial charge on any atom is 0.185 e. The Morgan fingerprint density at radius 1 is 1.40 bits per heavy atom. The minimum Gasteiger partial charge on any atom is -0.354 e. The largest absolute Gasteiger partial charge is 0.354 e. The van der Waals surface area contributed by atoms with Crippen LogP contribution in [0.1, 0.15) is 24.4 Å². The third-order valence-corrected chi connectivity index (χ3v) is 3.35. The van der Waals surface area contributed by atoms with Gasteiger partial charge in [0.1, 0.15) is 0 Å². The predicted octanol–water partition coefficient (Wildman–Crippen LogP) is 2.13. The van der Waals surface area contributed by atoms with Gasteiger partial charge in [-0.3, -0.25) is 0 Å². The highest BCUT2D eigenvalue weighted by atomic mass is 32.1. The molecule has 15 heavy (non-hydrogen) atoms. The van der Waals surface area contributed by atoms with Crippen molar-refractivity contribution in [2.75, 3.05) is 26.0 Å². The summed E-state index contributed by atoms with van der Waals surface area (Å²) in [7, 11) is 6.07. The van der Waals surface area contributed by atoms with Crippen LogP contribution in [-0.4, -0.2) is 26.1 Å². The van der Waals surface area contributed by atoms with E-state index in [1.54, 1.807) is 11.3 Å². The standard InChI is InChI=1S/C11H21N3S/c1-8(2)6-9-10(7-12-3)15-11(13-9)14(4)5/h8,12H,6-7H2,1-5H3. The summed E-state index contributed by atoms with van der Waals surface area (Å²) in [6.45, 7) is 5.39. The first kappa shape index (κ1) is 12.5. The number of nitrogens with one attached hydrogen (secondary N) is 1. The minimum atomic E-state index is 0.665. The van der Waals surface area contributed by atoms with Crippen molar-refractivity contribution in [1.82, 2.24) is 10.3 Å². The van der Waals surface area contributed by atoms with Crippen molar-refractivity contribution in [2.24, 2.45) is 5.92 Å². The van der Waals surface area contributed by atoms with Crippen molar-refractivity contribution in [3.63, 3.8) is 0 Å². The summed E-state index contributed by atoms with van der Waals surface area (Å²) in [6.07, 6.45) is 1.07. The Morgan fingerprint density at radius 3 is 2.53 bits per heavy atom. The average molecular weight is 227 g/mol. The molecule has 0 saturated heterocycles. The van der Waals surface area contributed by atoms with Gasteiger partial charge in [0.2, 0.25) is 0 Å². The van der Waals surface area contributed by atoms with E-state index in [1.165, 1.54) is 10.6 Å². The van der Waals surface area contributed by atoms with Crippen LogP contribution >= 0.6 is 11.3 Å². The third-order valence-electron chi connectivity index (χ3n) is 2.09. The average Bonchev–Trinajstić information content (AvgIpc) is 2.48. The van der Waals surface area contributed by atoms with E-state index in [4.69, 9.17) is 0 Å². The van der Waals surface area contributed by atoms with Gasteiger partial charge in [0.25, 0.3) is 0 Å². The summed E-state index contributed by atoms with van der Waals surface area (Å²) < 4.78 is 0. The van der Waals surface area contributed by atoms with Crippen molar-refractivity contribution < 1.29 is 0 Å². The van der Waals surface area contributed by atoms with Gasteiger partial charge in [0.05, 0.1) is 5.69 Å². The smallest absolute Gasteiger partial charge is 0.185 e. The van der Waals surface area contributed by atoms with Gasteiger partial charge in [-0.25, -0.2) is 4.98 Å². The minimum absolute atomic E-state index is 0.665. The molecule has 0 fully saturated rings. The molecule has 0 radical (unpaired) electrons. The summed E-state index contributed by atoms with van der Waals surface area (Å²) in [5, 5.41) is 4.31. The molecule has 0 saturated carbocycles. The molecule has 4 heteroatoms. The second-order valence-corrected chi connectivity index (χ2v) is 5.45. The molecule has 0 unspecified atom stereocenters. The van der Waals surface area contributed by atoms with Crippen LogP contribution in [0, 0.1) is 5.92 Å². The van der Waals surface area contributed by atoms with Crippen molar-refractivity contribution in [3.05, 3.63) is 10.6 Å². The van der Waals surface area contributed by atoms with E-state index >= 15 is 0 Å². The van der Waals surface area contributed by atoms with Gasteiger partial charge in [0, 0.05) is 25.5 Å². The maximum absolute atomic E-state index is 4.67. The zero-order valence-electron chi connectivity index (χ0n) is 10.3. The van der Waals surface area contributed by atoms with Gasteiger partial charge in [0.15, 0.2) is 5.13 Å². The van der Waals surface area contributed by atoms with Crippen LogP contribution in [0.15, 0.2) is 0 Å². The fraction of sp³-hybridized carbons (Fsp3) is 0.727. The fourth-order valence-electron chi connectivity index (χ4n) is 1.41. The fourth-order valence-corrected chi connectivity index (χ4v) is 2.43. The molecule has 0 atom stereocenters. The van der Waals surface area contributed by atoms with E-state index in [2.05, 4.69) is 29.0 Å². The lowest BCUT2D eigenvalue weighted by molar-refractivity contribution is 0.630. The summed E-state index contributed by atoms with van der Waals surface area (Å²) in [5.74, 6) is 0.665. The van der Waals surface area contributed by atoms with E-state index < -0.39 is 0 Å². The molecule has 1 heterocycles. The Bertz CT molecular complexity index is 305. The maximum atomic E-state index is 4.67. The molecule has 0 bridgehead atoms. The predicted molar refractivity (Wildman–Crippen MR) is 67.7 cm³/mol. The van der Waals surface area contributed by atoms with Crippen LogP contribution in [0.2, 0.25) is 0 Å². The van der Waals surface area contributed by atoms with Gasteiger partial charge in [-0.15, -0.1) is 11.3 Å². The first-order chi connectivity index (χ1) is 7.04. The summed E-state index contributed by atoms with van der Waals surface area (Å²) >= 11 is 1.79. The molecule has 0 aliphatic rings. The topological polar surface area (TPSA) is 28.2 Å². The molecule has 0 aromatic carbocycles. The molecule has 1 aromatic rings. The highest BCUT2D eigenvalue weighted by molar-refractivity contribution is 7.15. The lowest BCUT2D eigenvalue weighted by atomic mass is 10.1. The SMILES string of the molecule is CNCc1sc(N(C)C)nc1CC(C)C. The van der Waals surface area contributed by atoms with Gasteiger partial charge in [-0.1, -0.05) is 13.8 Å². The molecule has 1 N–H and O–H groups in total. The lowest BCUT2D eigenvalue weighted by Gasteiger charge is -2.05. The van der Waals surface area contributed by atoms with Crippen molar-refractivity contribution in [2.45, 2.75) is 26.8 Å². The molecule has 0 spiro atoms. The second-order valence-electron chi connectivity index (χ2n) is 4.39. The summed E-state index contributed by atoms with van der Waals surface area (Å²) in [4.78, 5) is 8.12. The zero-order valence-corrected chi connectivity index (χ0v) is 11.1. The molecule has 0 amide bonds. The molecule has 0 aliphatic heterocycles. The highest BCUT2D eigenvalue weighted by Crippen LogP contribution is 2.26. The molecule has 1 rings (SSSR count). The van der Waals surface area contributed by atoms with Crippen molar-refractivity contribution in [1.29, 1.82) is 0 Å². The van der Waals surface area contributed by atoms with E-state index in [9.17, 15) is 0 Å². The highest BCUT2D eigenvalue weighted by Gasteiger charge is 2.12. The first-order valence-electron chi connectivity index (χ1n) is 5.35. The van der Waals surface area contributed by atoms with Gasteiger partial charge in [-0.05, 0) is 19.4 Å². The molecular weight excluding hydrogens is 206 g/mol. The molecule has 3 nitrogen and oxygen atoms in total. The van der Waals surface area contributed by atoms with Crippen LogP contribution in [0.5, 0.6) is 0 Å². The van der Waals surface area contributed by atoms with E-state index in [-0.39, 0.29) is 0 Å². The van der Waals surface area contributed by atoms with Gasteiger partial charge in [-0.2, -0.15) is 0 Å². The van der Waals surface area contributed by atoms with E-state index in [1.807, 2.05) is 21.1 Å². The van der Waals surface area contributed by atoms with Crippen molar-refractivity contribution in [3.8, 4) is 0 Å². The Morgan fingerprint density at radius 2 is 2.07 bits per heavy atom. The Hall–Kier alpha value is -0.610. The zero-order chi connectivity index (χ0) is 11.4. The number of hydrogen-bond acceptors (Lipinski definition) is 4. The number of thiazole rings is 1. The molecule has 1 aromatic heterocycles. The van der Waals surface area contributed by atoms with Crippen LogP contribution in [0.25, 0.3) is 0 Å². The van der Waals surface area contributed by atoms with Crippen LogP contribution in [0.3, 0.4) is 0 Å². The number of hydrogen-bond donors (Lipinski definition) is 1. The van der Waals surface area contributed by atoms with Gasteiger partial charge < -0.3 is 10.2 Å². The Labute approximate surface area is 96.5 Å². The van der Waals surface area contributed by atoms with Crippen LogP contribution in [0.4, 0.5) is 5.13 Å². The first-order valence-corrected chi connectivity index (χ1v) is 6.16. The molecule has 86 valence electrons. The number of nitrogens with zero attached hydrogens (tertiary/aromatic N) is 2. The van der Waals surface area contributed by atoms with Crippen molar-refractivity contribution >= 4 is 16.5 Å². The number of anilines is 1. The third kappa shape index (κ3) is 3.47. The van der Waals surface area contributed by atoms with Crippen LogP contribution in [-0.2, 0) is 13.0 Å². The second kappa shape index (κ2) is 5.47. The molecular formula is C11H21N3S. The number of aromatic nitrogens is 1. The lowest BCUT2D eigenvalue weighted by Crippen LogP contribution is -2.08. The monoisotopic (exact) mass is 227 g/mol. The van der Waals surface area contributed by atoms with Crippen LogP contribution < -0.4 is 10.2 Å². The van der Waals surface area contributed by atoms with Gasteiger partial charge >= 0.3 is 0 Å². The van der Waals surface area contributed by atoms with E-state index in [0.29, 0.717) is 5.92 Å². The Kier molecular flexibility index (Phi) is 4.54. The normalized spacial score (nSPS) is 11.1. The Balaban J connectivity index is 2.89. The number of rotatable bonds is 5. The van der Waals surface area contributed by atoms with E-state index in [0.717, 1.165) is 18.1 Å². The summed E-state index contributed by atoms with van der Waals surface area (Å²) in [5.41, 5.74) is 1.26. The molecule has 0 aliphatic carbocycles.